The molecule has 1 aliphatic rings. The first-order chi connectivity index (χ1) is 12.1. The van der Waals surface area contributed by atoms with Crippen LogP contribution in [0.15, 0.2) is 10.9 Å². The van der Waals surface area contributed by atoms with Gasteiger partial charge in [0.25, 0.3) is 11.5 Å². The minimum Gasteiger partial charge on any atom is -0.494 e. The van der Waals surface area contributed by atoms with Crippen LogP contribution in [0.2, 0.25) is 0 Å². The van der Waals surface area contributed by atoms with Crippen LogP contribution in [0.5, 0.6) is 5.88 Å². The van der Waals surface area contributed by atoms with Gasteiger partial charge in [-0.3, -0.25) is 14.2 Å². The van der Waals surface area contributed by atoms with Crippen molar-refractivity contribution in [2.24, 2.45) is 5.41 Å². The fraction of sp³-hybridized carbons (Fsp3) is 0.500. The fourth-order valence-corrected chi connectivity index (χ4v) is 2.91. The number of anilines is 1. The lowest BCUT2D eigenvalue weighted by atomic mass is 9.96. The maximum Gasteiger partial charge on any atom is 0.291 e. The van der Waals surface area contributed by atoms with Gasteiger partial charge in [0.1, 0.15) is 0 Å². The monoisotopic (exact) mass is 395 g/mol. The molecule has 0 radical (unpaired) electrons. The van der Waals surface area contributed by atoms with Gasteiger partial charge in [0, 0.05) is 12.6 Å². The summed E-state index contributed by atoms with van der Waals surface area (Å²) >= 11 is 0. The highest BCUT2D eigenvalue weighted by atomic mass is 35.5. The van der Waals surface area contributed by atoms with Gasteiger partial charge in [-0.2, -0.15) is 4.52 Å². The number of nitrogens with two attached hydrogens (primary N) is 1. The average molecular weight is 396 g/mol. The van der Waals surface area contributed by atoms with E-state index in [1.54, 1.807) is 16.7 Å². The van der Waals surface area contributed by atoms with Crippen molar-refractivity contribution in [3.05, 3.63) is 27.6 Å². The Labute approximate surface area is 163 Å². The number of nitrogens with one attached hydrogen (secondary N) is 1. The van der Waals surface area contributed by atoms with Gasteiger partial charge in [-0.15, -0.1) is 17.5 Å². The average Bonchev–Trinajstić information content (AvgIpc) is 3.27. The van der Waals surface area contributed by atoms with Crippen molar-refractivity contribution in [3.8, 4) is 5.88 Å². The number of hydrogen-bond donors (Lipinski definition) is 3. The predicted molar refractivity (Wildman–Crippen MR) is 107 cm³/mol. The highest BCUT2D eigenvalue weighted by Gasteiger charge is 2.31. The quantitative estimate of drug-likeness (QED) is 0.733. The Bertz CT molecular complexity index is 964. The number of hydrogen-bond acceptors (Lipinski definition) is 5. The number of aromatic nitrogens is 3. The molecule has 1 amide bonds. The molecule has 148 valence electrons. The number of amides is 1. The van der Waals surface area contributed by atoms with Gasteiger partial charge in [-0.25, -0.2) is 0 Å². The van der Waals surface area contributed by atoms with Crippen LogP contribution in [0.3, 0.4) is 0 Å². The third-order valence-corrected chi connectivity index (χ3v) is 4.17. The molecule has 8 nitrogen and oxygen atoms in total. The Balaban J connectivity index is 0.00000261. The summed E-state index contributed by atoms with van der Waals surface area (Å²) in [6.07, 6.45) is 5.28. The predicted octanol–water partition coefficient (Wildman–Crippen LogP) is 2.18. The number of rotatable bonds is 4. The summed E-state index contributed by atoms with van der Waals surface area (Å²) in [4.78, 5) is 25.4. The Kier molecular flexibility index (Phi) is 5.60. The van der Waals surface area contributed by atoms with Crippen molar-refractivity contribution in [1.82, 2.24) is 19.5 Å². The summed E-state index contributed by atoms with van der Waals surface area (Å²) in [7, 11) is 0. The van der Waals surface area contributed by atoms with E-state index in [1.807, 2.05) is 27.7 Å². The van der Waals surface area contributed by atoms with E-state index in [4.69, 9.17) is 5.73 Å². The van der Waals surface area contributed by atoms with Crippen molar-refractivity contribution < 1.29 is 9.90 Å². The van der Waals surface area contributed by atoms with E-state index in [-0.39, 0.29) is 41.1 Å². The van der Waals surface area contributed by atoms with Crippen LogP contribution in [0.4, 0.5) is 5.82 Å². The Morgan fingerprint density at radius 2 is 2.04 bits per heavy atom. The third-order valence-electron chi connectivity index (χ3n) is 4.17. The lowest BCUT2D eigenvalue weighted by molar-refractivity contribution is 0.0944. The summed E-state index contributed by atoms with van der Waals surface area (Å²) in [6, 6.07) is 0.0642. The minimum atomic E-state index is -0.678. The lowest BCUT2D eigenvalue weighted by Gasteiger charge is -2.23. The molecule has 0 unspecified atom stereocenters. The van der Waals surface area contributed by atoms with E-state index >= 15 is 0 Å². The van der Waals surface area contributed by atoms with Crippen molar-refractivity contribution in [2.75, 3.05) is 5.73 Å². The van der Waals surface area contributed by atoms with E-state index in [9.17, 15) is 14.7 Å². The number of carbonyl (C=O) groups excluding carboxylic acids is 1. The van der Waals surface area contributed by atoms with Gasteiger partial charge >= 0.3 is 0 Å². The Hall–Kier alpha value is -2.48. The second-order valence-corrected chi connectivity index (χ2v) is 7.93. The first-order valence-corrected chi connectivity index (χ1v) is 8.71. The molecule has 2 aromatic rings. The molecule has 2 heterocycles. The van der Waals surface area contributed by atoms with Crippen LogP contribution in [0.25, 0.3) is 11.7 Å². The summed E-state index contributed by atoms with van der Waals surface area (Å²) in [5, 5.41) is 17.7. The number of nitrogens with zero attached hydrogens (tertiary/aromatic N) is 3. The molecule has 0 saturated heterocycles. The second kappa shape index (κ2) is 7.26. The Morgan fingerprint density at radius 1 is 1.41 bits per heavy atom. The highest BCUT2D eigenvalue weighted by molar-refractivity contribution is 5.97. The first kappa shape index (κ1) is 20.8. The van der Waals surface area contributed by atoms with E-state index < -0.39 is 11.5 Å². The molecule has 2 aromatic heterocycles. The van der Waals surface area contributed by atoms with Crippen LogP contribution in [0.1, 0.15) is 56.5 Å². The van der Waals surface area contributed by atoms with Crippen molar-refractivity contribution >= 4 is 35.9 Å². The minimum absolute atomic E-state index is 0. The number of aromatic hydroxyl groups is 1. The molecule has 1 aliphatic carbocycles. The first-order valence-electron chi connectivity index (χ1n) is 8.71. The molecule has 0 atom stereocenters. The van der Waals surface area contributed by atoms with Gasteiger partial charge in [0.05, 0.1) is 5.56 Å². The standard InChI is InChI=1S/C18H25N5O3.ClH/c1-5-6-11-13(19)21-23-15(11)22(9-18(2,3)4)16(25)12(17(23)26)14(24)20-10-7-8-10;/h5-6,10,25H,7-9H2,1-4H3,(H2,19,21)(H,20,24);1H. The van der Waals surface area contributed by atoms with Gasteiger partial charge in [-0.05, 0) is 25.2 Å². The van der Waals surface area contributed by atoms with Crippen LogP contribution >= 0.6 is 12.4 Å². The molecule has 0 bridgehead atoms. The van der Waals surface area contributed by atoms with Crippen LogP contribution in [0, 0.1) is 5.41 Å². The molecule has 9 heteroatoms. The normalized spacial score (nSPS) is 14.5. The summed E-state index contributed by atoms with van der Waals surface area (Å²) in [5.41, 5.74) is 5.71. The molecule has 1 saturated carbocycles. The van der Waals surface area contributed by atoms with Crippen molar-refractivity contribution in [2.45, 2.75) is 53.1 Å². The van der Waals surface area contributed by atoms with E-state index in [2.05, 4.69) is 10.4 Å². The summed E-state index contributed by atoms with van der Waals surface area (Å²) < 4.78 is 2.65. The van der Waals surface area contributed by atoms with Crippen molar-refractivity contribution in [1.29, 1.82) is 0 Å². The molecule has 0 aromatic carbocycles. The molecule has 3 rings (SSSR count). The zero-order valence-corrected chi connectivity index (χ0v) is 16.8. The largest absolute Gasteiger partial charge is 0.494 e. The molecular formula is C18H26ClN5O3. The topological polar surface area (TPSA) is 115 Å². The van der Waals surface area contributed by atoms with Crippen LogP contribution in [-0.2, 0) is 6.54 Å². The molecule has 1 fully saturated rings. The SMILES string of the molecule is CC=Cc1c(N)nn2c(=O)c(C(=O)NC3CC3)c(O)n(CC(C)(C)C)c12.Cl. The van der Waals surface area contributed by atoms with Gasteiger partial charge in [-0.1, -0.05) is 32.9 Å². The van der Waals surface area contributed by atoms with Gasteiger partial charge < -0.3 is 16.2 Å². The number of carbonyl (C=O) groups is 1. The fourth-order valence-electron chi connectivity index (χ4n) is 2.91. The number of halogens is 1. The zero-order valence-electron chi connectivity index (χ0n) is 15.9. The van der Waals surface area contributed by atoms with Gasteiger partial charge in [0.15, 0.2) is 17.0 Å². The highest BCUT2D eigenvalue weighted by Crippen LogP contribution is 2.29. The Morgan fingerprint density at radius 3 is 2.56 bits per heavy atom. The number of allylic oxidation sites excluding steroid dienone is 1. The molecule has 27 heavy (non-hydrogen) atoms. The summed E-state index contributed by atoms with van der Waals surface area (Å²) in [6.45, 7) is 8.20. The summed E-state index contributed by atoms with van der Waals surface area (Å²) in [5.74, 6) is -0.774. The number of nitrogen functional groups attached to an aromatic ring is 1. The van der Waals surface area contributed by atoms with Crippen molar-refractivity contribution in [3.63, 3.8) is 0 Å². The molecule has 0 spiro atoms. The maximum atomic E-state index is 12.9. The van der Waals surface area contributed by atoms with Crippen LogP contribution < -0.4 is 16.6 Å². The maximum absolute atomic E-state index is 12.9. The van der Waals surface area contributed by atoms with E-state index in [0.717, 1.165) is 17.4 Å². The lowest BCUT2D eigenvalue weighted by Crippen LogP contribution is -2.35. The van der Waals surface area contributed by atoms with E-state index in [1.165, 1.54) is 0 Å². The van der Waals surface area contributed by atoms with E-state index in [0.29, 0.717) is 17.8 Å². The molecule has 4 N–H and O–H groups in total. The third kappa shape index (κ3) is 3.95. The van der Waals surface area contributed by atoms with Gasteiger partial charge in [0.2, 0.25) is 5.88 Å². The van der Waals surface area contributed by atoms with Crippen LogP contribution in [-0.4, -0.2) is 31.2 Å². The molecule has 0 aliphatic heterocycles. The smallest absolute Gasteiger partial charge is 0.291 e. The molecular weight excluding hydrogens is 370 g/mol. The second-order valence-electron chi connectivity index (χ2n) is 7.93. The zero-order chi connectivity index (χ0) is 19.2. The number of fused-ring (bicyclic) bond motifs is 1.